The number of hydrogen-bond acceptors (Lipinski definition) is 3. The van der Waals surface area contributed by atoms with Crippen molar-refractivity contribution in [1.82, 2.24) is 0 Å². The van der Waals surface area contributed by atoms with Crippen LogP contribution in [0, 0.1) is 19.7 Å². The summed E-state index contributed by atoms with van der Waals surface area (Å²) in [6.07, 6.45) is 1.57. The minimum absolute atomic E-state index is 0.199. The van der Waals surface area contributed by atoms with Crippen molar-refractivity contribution in [2.45, 2.75) is 33.6 Å². The summed E-state index contributed by atoms with van der Waals surface area (Å²) in [5.41, 5.74) is 3.12. The molecule has 2 aromatic rings. The van der Waals surface area contributed by atoms with Crippen molar-refractivity contribution in [3.8, 4) is 5.75 Å². The number of halogens is 1. The van der Waals surface area contributed by atoms with Crippen LogP contribution in [0.2, 0.25) is 0 Å². The second kappa shape index (κ2) is 9.33. The Morgan fingerprint density at radius 3 is 2.40 bits per heavy atom. The molecule has 0 N–H and O–H groups in total. The molecule has 0 heterocycles. The lowest BCUT2D eigenvalue weighted by atomic mass is 9.96. The van der Waals surface area contributed by atoms with Crippen LogP contribution >= 0.6 is 0 Å². The average molecular weight is 344 g/mol. The summed E-state index contributed by atoms with van der Waals surface area (Å²) in [4.78, 5) is 11.5. The molecule has 0 amide bonds. The summed E-state index contributed by atoms with van der Waals surface area (Å²) < 4.78 is 24.9. The van der Waals surface area contributed by atoms with Crippen LogP contribution in [-0.2, 0) is 11.2 Å². The molecule has 2 rings (SSSR count). The van der Waals surface area contributed by atoms with E-state index in [4.69, 9.17) is 9.47 Å². The SMILES string of the molecule is CC(=O)c1c(F)ccc(CCCOCCOc2ccc(C)cc2)c1C. The molecule has 0 unspecified atom stereocenters. The molecule has 0 aliphatic heterocycles. The largest absolute Gasteiger partial charge is 0.491 e. The van der Waals surface area contributed by atoms with Gasteiger partial charge in [-0.3, -0.25) is 4.79 Å². The third-order valence-corrected chi connectivity index (χ3v) is 4.13. The first-order chi connectivity index (χ1) is 12.0. The lowest BCUT2D eigenvalue weighted by Gasteiger charge is -2.11. The molecule has 134 valence electrons. The van der Waals surface area contributed by atoms with Crippen LogP contribution in [0.25, 0.3) is 0 Å². The highest BCUT2D eigenvalue weighted by atomic mass is 19.1. The number of benzene rings is 2. The maximum absolute atomic E-state index is 13.7. The molecule has 0 saturated carbocycles. The standard InChI is InChI=1S/C21H25FO3/c1-15-6-9-19(10-7-15)25-14-13-24-12-4-5-18-8-11-20(22)21(16(18)2)17(3)23/h6-11H,4-5,12-14H2,1-3H3. The Morgan fingerprint density at radius 2 is 1.72 bits per heavy atom. The predicted molar refractivity (Wildman–Crippen MR) is 97.0 cm³/mol. The van der Waals surface area contributed by atoms with Crippen LogP contribution < -0.4 is 4.74 Å². The van der Waals surface area contributed by atoms with E-state index in [0.29, 0.717) is 19.8 Å². The zero-order valence-corrected chi connectivity index (χ0v) is 15.1. The molecule has 3 nitrogen and oxygen atoms in total. The molecule has 25 heavy (non-hydrogen) atoms. The minimum Gasteiger partial charge on any atom is -0.491 e. The number of carbonyl (C=O) groups excluding carboxylic acids is 1. The number of Topliss-reactive ketones (excluding diaryl/α,β-unsaturated/α-hetero) is 1. The van der Waals surface area contributed by atoms with Gasteiger partial charge in [-0.1, -0.05) is 23.8 Å². The van der Waals surface area contributed by atoms with E-state index in [0.717, 1.165) is 29.7 Å². The summed E-state index contributed by atoms with van der Waals surface area (Å²) in [6, 6.07) is 11.0. The molecule has 0 radical (unpaired) electrons. The van der Waals surface area contributed by atoms with Crippen LogP contribution in [0.5, 0.6) is 5.75 Å². The van der Waals surface area contributed by atoms with Crippen LogP contribution in [0.15, 0.2) is 36.4 Å². The summed E-state index contributed by atoms with van der Waals surface area (Å²) in [5, 5.41) is 0. The summed E-state index contributed by atoms with van der Waals surface area (Å²) in [5.74, 6) is 0.160. The van der Waals surface area contributed by atoms with Crippen molar-refractivity contribution in [3.63, 3.8) is 0 Å². The zero-order chi connectivity index (χ0) is 18.2. The highest BCUT2D eigenvalue weighted by Crippen LogP contribution is 2.19. The molecule has 2 aromatic carbocycles. The smallest absolute Gasteiger partial charge is 0.163 e. The van der Waals surface area contributed by atoms with E-state index in [2.05, 4.69) is 0 Å². The number of aryl methyl sites for hydroxylation is 2. The van der Waals surface area contributed by atoms with Gasteiger partial charge in [-0.15, -0.1) is 0 Å². The second-order valence-corrected chi connectivity index (χ2v) is 6.14. The Balaban J connectivity index is 1.69. The van der Waals surface area contributed by atoms with E-state index in [1.54, 1.807) is 13.0 Å². The van der Waals surface area contributed by atoms with E-state index in [1.165, 1.54) is 18.6 Å². The van der Waals surface area contributed by atoms with Crippen LogP contribution in [0.3, 0.4) is 0 Å². The molecule has 0 atom stereocenters. The van der Waals surface area contributed by atoms with E-state index < -0.39 is 5.82 Å². The van der Waals surface area contributed by atoms with Gasteiger partial charge in [0.2, 0.25) is 0 Å². The molecule has 0 saturated heterocycles. The number of ketones is 1. The van der Waals surface area contributed by atoms with Gasteiger partial charge in [0.15, 0.2) is 5.78 Å². The Hall–Kier alpha value is -2.20. The van der Waals surface area contributed by atoms with Gasteiger partial charge >= 0.3 is 0 Å². The Labute approximate surface area is 148 Å². The third-order valence-electron chi connectivity index (χ3n) is 4.13. The summed E-state index contributed by atoms with van der Waals surface area (Å²) in [6.45, 7) is 6.86. The van der Waals surface area contributed by atoms with Crippen LogP contribution in [0.4, 0.5) is 4.39 Å². The topological polar surface area (TPSA) is 35.5 Å². The molecule has 0 fully saturated rings. The Morgan fingerprint density at radius 1 is 1.00 bits per heavy atom. The van der Waals surface area contributed by atoms with Gasteiger partial charge in [0.1, 0.15) is 18.2 Å². The number of hydrogen-bond donors (Lipinski definition) is 0. The second-order valence-electron chi connectivity index (χ2n) is 6.14. The maximum atomic E-state index is 13.7. The van der Waals surface area contributed by atoms with Crippen molar-refractivity contribution in [1.29, 1.82) is 0 Å². The molecule has 4 heteroatoms. The quantitative estimate of drug-likeness (QED) is 0.490. The van der Waals surface area contributed by atoms with Gasteiger partial charge in [0, 0.05) is 6.61 Å². The van der Waals surface area contributed by atoms with Crippen molar-refractivity contribution in [2.24, 2.45) is 0 Å². The molecule has 0 bridgehead atoms. The Bertz CT molecular complexity index is 708. The van der Waals surface area contributed by atoms with Gasteiger partial charge in [0.05, 0.1) is 12.2 Å². The van der Waals surface area contributed by atoms with Crippen molar-refractivity contribution in [2.75, 3.05) is 19.8 Å². The van der Waals surface area contributed by atoms with Gasteiger partial charge in [-0.05, 0) is 62.9 Å². The molecule has 0 aliphatic rings. The van der Waals surface area contributed by atoms with E-state index in [9.17, 15) is 9.18 Å². The lowest BCUT2D eigenvalue weighted by Crippen LogP contribution is -2.09. The van der Waals surface area contributed by atoms with Crippen LogP contribution in [-0.4, -0.2) is 25.6 Å². The summed E-state index contributed by atoms with van der Waals surface area (Å²) >= 11 is 0. The van der Waals surface area contributed by atoms with Gasteiger partial charge in [-0.2, -0.15) is 0 Å². The highest BCUT2D eigenvalue weighted by Gasteiger charge is 2.13. The zero-order valence-electron chi connectivity index (χ0n) is 15.1. The minimum atomic E-state index is -0.446. The van der Waals surface area contributed by atoms with Gasteiger partial charge in [-0.25, -0.2) is 4.39 Å². The highest BCUT2D eigenvalue weighted by molar-refractivity contribution is 5.96. The summed E-state index contributed by atoms with van der Waals surface area (Å²) in [7, 11) is 0. The van der Waals surface area contributed by atoms with Crippen molar-refractivity contribution in [3.05, 3.63) is 64.5 Å². The lowest BCUT2D eigenvalue weighted by molar-refractivity contribution is 0.0985. The molecule has 0 spiro atoms. The average Bonchev–Trinajstić information content (AvgIpc) is 2.57. The first-order valence-electron chi connectivity index (χ1n) is 8.55. The fourth-order valence-corrected chi connectivity index (χ4v) is 2.74. The van der Waals surface area contributed by atoms with Gasteiger partial charge in [0.25, 0.3) is 0 Å². The first-order valence-corrected chi connectivity index (χ1v) is 8.55. The number of ether oxygens (including phenoxy) is 2. The molecule has 0 aliphatic carbocycles. The van der Waals surface area contributed by atoms with Crippen molar-refractivity contribution < 1.29 is 18.7 Å². The number of carbonyl (C=O) groups is 1. The van der Waals surface area contributed by atoms with E-state index in [1.807, 2.05) is 31.2 Å². The Kier molecular flexibility index (Phi) is 7.14. The fourth-order valence-electron chi connectivity index (χ4n) is 2.74. The third kappa shape index (κ3) is 5.68. The predicted octanol–water partition coefficient (Wildman–Crippen LogP) is 4.67. The first kappa shape index (κ1) is 19.1. The normalized spacial score (nSPS) is 10.7. The van der Waals surface area contributed by atoms with Crippen LogP contribution in [0.1, 0.15) is 40.4 Å². The monoisotopic (exact) mass is 344 g/mol. The fraction of sp³-hybridized carbons (Fsp3) is 0.381. The van der Waals surface area contributed by atoms with E-state index in [-0.39, 0.29) is 11.3 Å². The van der Waals surface area contributed by atoms with E-state index >= 15 is 0 Å². The molecular weight excluding hydrogens is 319 g/mol. The number of rotatable bonds is 9. The van der Waals surface area contributed by atoms with Crippen molar-refractivity contribution >= 4 is 5.78 Å². The van der Waals surface area contributed by atoms with Gasteiger partial charge < -0.3 is 9.47 Å². The molecule has 0 aromatic heterocycles. The maximum Gasteiger partial charge on any atom is 0.163 e. The molecular formula is C21H25FO3.